The highest BCUT2D eigenvalue weighted by Crippen LogP contribution is 2.24. The van der Waals surface area contributed by atoms with E-state index in [4.69, 9.17) is 4.74 Å². The first kappa shape index (κ1) is 17.4. The van der Waals surface area contributed by atoms with Crippen LogP contribution in [0.3, 0.4) is 0 Å². The van der Waals surface area contributed by atoms with Crippen LogP contribution in [-0.2, 0) is 14.3 Å². The lowest BCUT2D eigenvalue weighted by Crippen LogP contribution is -2.57. The zero-order valence-electron chi connectivity index (χ0n) is 14.8. The van der Waals surface area contributed by atoms with Gasteiger partial charge in [0, 0.05) is 56.7 Å². The van der Waals surface area contributed by atoms with Gasteiger partial charge in [-0.1, -0.05) is 6.07 Å². The van der Waals surface area contributed by atoms with Gasteiger partial charge in [-0.05, 0) is 23.8 Å². The van der Waals surface area contributed by atoms with Crippen LogP contribution in [0.5, 0.6) is 0 Å². The van der Waals surface area contributed by atoms with Crippen LogP contribution >= 0.6 is 0 Å². The fourth-order valence-corrected chi connectivity index (χ4v) is 3.50. The van der Waals surface area contributed by atoms with E-state index in [1.54, 1.807) is 30.9 Å². The molecule has 2 aliphatic heterocycles. The molecule has 0 spiro atoms. The maximum Gasteiger partial charge on any atom is 0.254 e. The van der Waals surface area contributed by atoms with Crippen LogP contribution in [0.1, 0.15) is 11.6 Å². The molecule has 2 saturated heterocycles. The number of hydrogen-bond acceptors (Lipinski definition) is 6. The van der Waals surface area contributed by atoms with Crippen molar-refractivity contribution in [3.05, 3.63) is 54.6 Å². The van der Waals surface area contributed by atoms with Gasteiger partial charge in [0.05, 0.1) is 6.04 Å². The first-order valence-corrected chi connectivity index (χ1v) is 8.97. The molecule has 0 unspecified atom stereocenters. The lowest BCUT2D eigenvalue weighted by atomic mass is 10.00. The van der Waals surface area contributed by atoms with Gasteiger partial charge >= 0.3 is 0 Å². The number of pyridine rings is 2. The highest BCUT2D eigenvalue weighted by atomic mass is 16.5. The Hall–Kier alpha value is -3.00. The third-order valence-electron chi connectivity index (χ3n) is 4.92. The van der Waals surface area contributed by atoms with Crippen molar-refractivity contribution in [1.82, 2.24) is 20.2 Å². The van der Waals surface area contributed by atoms with Crippen molar-refractivity contribution in [2.75, 3.05) is 37.7 Å². The van der Waals surface area contributed by atoms with Crippen LogP contribution in [0.4, 0.5) is 5.69 Å². The standard InChI is InChI=1S/C19H21N5O3/c25-16-13-27-18(17(22-16)14-2-1-5-21-12-14)19(26)24-10-8-23(9-11-24)15-3-6-20-7-4-15/h1-7,12,17-18H,8-11,13H2,(H,22,25)/t17-,18+/m1/s1. The molecule has 0 bridgehead atoms. The number of hydrogen-bond donors (Lipinski definition) is 1. The van der Waals surface area contributed by atoms with E-state index < -0.39 is 12.1 Å². The molecule has 2 aliphatic rings. The number of ether oxygens (including phenoxy) is 1. The molecule has 4 heterocycles. The van der Waals surface area contributed by atoms with Gasteiger partial charge in [-0.2, -0.15) is 0 Å². The fourth-order valence-electron chi connectivity index (χ4n) is 3.50. The summed E-state index contributed by atoms with van der Waals surface area (Å²) in [6.45, 7) is 2.59. The Balaban J connectivity index is 1.44. The SMILES string of the molecule is O=C1CO[C@H](C(=O)N2CCN(c3ccncc3)CC2)[C@@H](c2cccnc2)N1. The molecule has 2 aromatic rings. The van der Waals surface area contributed by atoms with Gasteiger partial charge in [0.25, 0.3) is 5.91 Å². The minimum atomic E-state index is -0.737. The molecule has 140 valence electrons. The van der Waals surface area contributed by atoms with Crippen LogP contribution in [-0.4, -0.2) is 65.6 Å². The molecule has 27 heavy (non-hydrogen) atoms. The minimum Gasteiger partial charge on any atom is -0.368 e. The molecule has 0 aliphatic carbocycles. The topological polar surface area (TPSA) is 87.7 Å². The van der Waals surface area contributed by atoms with E-state index in [0.717, 1.165) is 24.3 Å². The average Bonchev–Trinajstić information content (AvgIpc) is 2.74. The Labute approximate surface area is 157 Å². The number of carbonyl (C=O) groups excluding carboxylic acids is 2. The molecule has 1 N–H and O–H groups in total. The zero-order valence-corrected chi connectivity index (χ0v) is 14.8. The molecule has 2 fully saturated rings. The van der Waals surface area contributed by atoms with Gasteiger partial charge < -0.3 is 19.9 Å². The van der Waals surface area contributed by atoms with E-state index in [-0.39, 0.29) is 18.4 Å². The van der Waals surface area contributed by atoms with E-state index in [1.165, 1.54) is 0 Å². The lowest BCUT2D eigenvalue weighted by Gasteiger charge is -2.39. The van der Waals surface area contributed by atoms with Gasteiger partial charge in [-0.15, -0.1) is 0 Å². The summed E-state index contributed by atoms with van der Waals surface area (Å²) in [6, 6.07) is 7.04. The van der Waals surface area contributed by atoms with Crippen molar-refractivity contribution in [2.24, 2.45) is 0 Å². The Morgan fingerprint density at radius 2 is 1.85 bits per heavy atom. The molecule has 0 aromatic carbocycles. The normalized spacial score (nSPS) is 23.0. The summed E-state index contributed by atoms with van der Waals surface area (Å²) >= 11 is 0. The van der Waals surface area contributed by atoms with Crippen molar-refractivity contribution >= 4 is 17.5 Å². The zero-order chi connectivity index (χ0) is 18.6. The first-order valence-electron chi connectivity index (χ1n) is 8.97. The Bertz CT molecular complexity index is 794. The smallest absolute Gasteiger partial charge is 0.254 e. The van der Waals surface area contributed by atoms with Crippen LogP contribution in [0, 0.1) is 0 Å². The second kappa shape index (κ2) is 7.71. The number of carbonyl (C=O) groups is 2. The van der Waals surface area contributed by atoms with Crippen molar-refractivity contribution in [3.63, 3.8) is 0 Å². The average molecular weight is 367 g/mol. The highest BCUT2D eigenvalue weighted by Gasteiger charge is 2.39. The van der Waals surface area contributed by atoms with Gasteiger partial charge in [0.1, 0.15) is 6.61 Å². The van der Waals surface area contributed by atoms with Crippen molar-refractivity contribution in [1.29, 1.82) is 0 Å². The van der Waals surface area contributed by atoms with E-state index in [1.807, 2.05) is 23.1 Å². The van der Waals surface area contributed by atoms with E-state index in [9.17, 15) is 9.59 Å². The molecule has 4 rings (SSSR count). The maximum atomic E-state index is 13.1. The molecule has 2 amide bonds. The Kier molecular flexibility index (Phi) is 4.97. The van der Waals surface area contributed by atoms with Gasteiger partial charge in [0.15, 0.2) is 6.10 Å². The van der Waals surface area contributed by atoms with Crippen LogP contribution in [0.25, 0.3) is 0 Å². The Morgan fingerprint density at radius 3 is 2.56 bits per heavy atom. The molecular weight excluding hydrogens is 346 g/mol. The molecule has 0 saturated carbocycles. The molecule has 2 aromatic heterocycles. The number of morpholine rings is 1. The number of nitrogens with zero attached hydrogens (tertiary/aromatic N) is 4. The number of nitrogens with one attached hydrogen (secondary N) is 1. The van der Waals surface area contributed by atoms with E-state index in [2.05, 4.69) is 20.2 Å². The van der Waals surface area contributed by atoms with Gasteiger partial charge in [-0.25, -0.2) is 0 Å². The number of anilines is 1. The largest absolute Gasteiger partial charge is 0.368 e. The molecule has 8 heteroatoms. The summed E-state index contributed by atoms with van der Waals surface area (Å²) in [5, 5.41) is 2.87. The maximum absolute atomic E-state index is 13.1. The molecule has 8 nitrogen and oxygen atoms in total. The third-order valence-corrected chi connectivity index (χ3v) is 4.92. The first-order chi connectivity index (χ1) is 13.2. The van der Waals surface area contributed by atoms with E-state index >= 15 is 0 Å². The van der Waals surface area contributed by atoms with Gasteiger partial charge in [0.2, 0.25) is 5.91 Å². The number of rotatable bonds is 3. The van der Waals surface area contributed by atoms with Crippen LogP contribution in [0.15, 0.2) is 49.1 Å². The summed E-state index contributed by atoms with van der Waals surface area (Å²) in [6.07, 6.45) is 6.11. The van der Waals surface area contributed by atoms with Crippen molar-refractivity contribution < 1.29 is 14.3 Å². The Morgan fingerprint density at radius 1 is 1.07 bits per heavy atom. The summed E-state index contributed by atoms with van der Waals surface area (Å²) < 4.78 is 5.63. The summed E-state index contributed by atoms with van der Waals surface area (Å²) in [5.41, 5.74) is 1.87. The van der Waals surface area contributed by atoms with Crippen LogP contribution < -0.4 is 10.2 Å². The number of aromatic nitrogens is 2. The monoisotopic (exact) mass is 367 g/mol. The summed E-state index contributed by atoms with van der Waals surface area (Å²) in [5.74, 6) is -0.325. The second-order valence-corrected chi connectivity index (χ2v) is 6.58. The number of amides is 2. The summed E-state index contributed by atoms with van der Waals surface area (Å²) in [4.78, 5) is 37.1. The van der Waals surface area contributed by atoms with Gasteiger partial charge in [-0.3, -0.25) is 19.6 Å². The molecule has 2 atom stereocenters. The summed E-state index contributed by atoms with van der Waals surface area (Å²) in [7, 11) is 0. The van der Waals surface area contributed by atoms with Crippen molar-refractivity contribution in [2.45, 2.75) is 12.1 Å². The van der Waals surface area contributed by atoms with E-state index in [0.29, 0.717) is 13.1 Å². The fraction of sp³-hybridized carbons (Fsp3) is 0.368. The lowest BCUT2D eigenvalue weighted by molar-refractivity contribution is -0.155. The minimum absolute atomic E-state index is 0.0989. The second-order valence-electron chi connectivity index (χ2n) is 6.58. The molecule has 0 radical (unpaired) electrons. The number of piperazine rings is 1. The quantitative estimate of drug-likeness (QED) is 0.844. The predicted molar refractivity (Wildman–Crippen MR) is 97.9 cm³/mol. The van der Waals surface area contributed by atoms with Crippen molar-refractivity contribution in [3.8, 4) is 0 Å². The predicted octanol–water partition coefficient (Wildman–Crippen LogP) is 0.381. The van der Waals surface area contributed by atoms with Crippen LogP contribution in [0.2, 0.25) is 0 Å². The molecular formula is C19H21N5O3. The highest BCUT2D eigenvalue weighted by molar-refractivity contribution is 5.86. The third kappa shape index (κ3) is 3.75.